The molecular weight excluding hydrogens is 454 g/mol. The lowest BCUT2D eigenvalue weighted by Gasteiger charge is -2.39. The van der Waals surface area contributed by atoms with Gasteiger partial charge in [-0.2, -0.15) is 0 Å². The molecule has 206 valence electrons. The van der Waals surface area contributed by atoms with Gasteiger partial charge in [-0.15, -0.1) is 0 Å². The molecule has 1 aromatic rings. The molecule has 0 spiro atoms. The zero-order valence-electron chi connectivity index (χ0n) is 23.6. The van der Waals surface area contributed by atoms with Crippen LogP contribution in [0.1, 0.15) is 130 Å². The Kier molecular flexibility index (Phi) is 21.7. The van der Waals surface area contributed by atoms with Crippen molar-refractivity contribution in [1.82, 2.24) is 0 Å². The summed E-state index contributed by atoms with van der Waals surface area (Å²) in [6, 6.07) is 7.19. The third kappa shape index (κ3) is 18.9. The number of hydrogen-bond donors (Lipinski definition) is 0. The molecule has 0 amide bonds. The van der Waals surface area contributed by atoms with Gasteiger partial charge in [0.05, 0.1) is 31.1 Å². The standard InChI is InChI=1S/C24H52N.C6H6O3S/c1-5-9-13-17-21-25(22-18-14-10-6-2,23-19-15-11-7-3)24-20-16-12-8-4;7-10(8,9)6-4-2-1-3-5-6/h5-24H2,1-4H3;1-5H,(H,7,8,9)/q+1;/p-1. The summed E-state index contributed by atoms with van der Waals surface area (Å²) in [5, 5.41) is 0. The van der Waals surface area contributed by atoms with Gasteiger partial charge in [-0.1, -0.05) is 97.3 Å². The first kappa shape index (κ1) is 34.1. The Hall–Kier alpha value is -0.910. The fourth-order valence-electron chi connectivity index (χ4n) is 4.75. The summed E-state index contributed by atoms with van der Waals surface area (Å²) in [6.45, 7) is 15.2. The van der Waals surface area contributed by atoms with Crippen LogP contribution >= 0.6 is 0 Å². The number of benzene rings is 1. The van der Waals surface area contributed by atoms with Crippen LogP contribution in [-0.2, 0) is 10.1 Å². The monoisotopic (exact) mass is 511 g/mol. The molecule has 0 aliphatic carbocycles. The van der Waals surface area contributed by atoms with E-state index in [1.807, 2.05) is 0 Å². The molecule has 0 saturated carbocycles. The largest absolute Gasteiger partial charge is 0.744 e. The quantitative estimate of drug-likeness (QED) is 0.0941. The number of rotatable bonds is 21. The zero-order valence-corrected chi connectivity index (χ0v) is 24.4. The van der Waals surface area contributed by atoms with Crippen molar-refractivity contribution < 1.29 is 17.5 Å². The van der Waals surface area contributed by atoms with Crippen molar-refractivity contribution in [3.8, 4) is 0 Å². The lowest BCUT2D eigenvalue weighted by molar-refractivity contribution is -0.929. The topological polar surface area (TPSA) is 57.2 Å². The second-order valence-corrected chi connectivity index (χ2v) is 11.6. The van der Waals surface area contributed by atoms with Crippen LogP contribution in [0, 0.1) is 0 Å². The predicted molar refractivity (Wildman–Crippen MR) is 151 cm³/mol. The summed E-state index contributed by atoms with van der Waals surface area (Å²) < 4.78 is 32.3. The highest BCUT2D eigenvalue weighted by Gasteiger charge is 2.25. The Bertz CT molecular complexity index is 623. The van der Waals surface area contributed by atoms with Crippen molar-refractivity contribution in [3.63, 3.8) is 0 Å². The van der Waals surface area contributed by atoms with Gasteiger partial charge in [0.1, 0.15) is 10.1 Å². The summed E-state index contributed by atoms with van der Waals surface area (Å²) in [6.07, 6.45) is 22.8. The van der Waals surface area contributed by atoms with Gasteiger partial charge in [0, 0.05) is 0 Å². The molecule has 0 fully saturated rings. The Morgan fingerprint density at radius 2 is 0.857 bits per heavy atom. The molecule has 0 radical (unpaired) electrons. The van der Waals surface area contributed by atoms with E-state index in [-0.39, 0.29) is 4.90 Å². The summed E-state index contributed by atoms with van der Waals surface area (Å²) in [4.78, 5) is -0.185. The van der Waals surface area contributed by atoms with Crippen molar-refractivity contribution in [2.24, 2.45) is 0 Å². The van der Waals surface area contributed by atoms with Gasteiger partial charge in [-0.3, -0.25) is 0 Å². The van der Waals surface area contributed by atoms with Crippen molar-refractivity contribution in [2.75, 3.05) is 26.2 Å². The minimum absolute atomic E-state index is 0.185. The molecule has 1 rings (SSSR count). The molecule has 0 aliphatic rings. The number of hydrogen-bond acceptors (Lipinski definition) is 3. The number of unbranched alkanes of at least 4 members (excludes halogenated alkanes) is 12. The maximum Gasteiger partial charge on any atom is 0.124 e. The maximum absolute atomic E-state index is 10.3. The van der Waals surface area contributed by atoms with E-state index in [0.717, 1.165) is 0 Å². The average molecular weight is 512 g/mol. The summed E-state index contributed by atoms with van der Waals surface area (Å²) in [5.74, 6) is 0. The van der Waals surface area contributed by atoms with Gasteiger partial charge in [0.25, 0.3) is 0 Å². The van der Waals surface area contributed by atoms with Crippen LogP contribution in [0.4, 0.5) is 0 Å². The van der Waals surface area contributed by atoms with E-state index < -0.39 is 10.1 Å². The van der Waals surface area contributed by atoms with E-state index in [1.54, 1.807) is 6.07 Å². The molecule has 0 heterocycles. The van der Waals surface area contributed by atoms with Crippen molar-refractivity contribution in [3.05, 3.63) is 30.3 Å². The van der Waals surface area contributed by atoms with Gasteiger partial charge in [0.15, 0.2) is 0 Å². The Morgan fingerprint density at radius 1 is 0.543 bits per heavy atom. The Balaban J connectivity index is 0.000000952. The van der Waals surface area contributed by atoms with E-state index in [2.05, 4.69) is 27.7 Å². The zero-order chi connectivity index (χ0) is 26.3. The molecule has 0 bridgehead atoms. The molecule has 1 aromatic carbocycles. The summed E-state index contributed by atoms with van der Waals surface area (Å²) in [7, 11) is -4.25. The molecule has 0 unspecified atom stereocenters. The predicted octanol–water partition coefficient (Wildman–Crippen LogP) is 8.72. The normalized spacial score (nSPS) is 11.8. The van der Waals surface area contributed by atoms with E-state index in [0.29, 0.717) is 0 Å². The Morgan fingerprint density at radius 3 is 1.09 bits per heavy atom. The van der Waals surface area contributed by atoms with E-state index in [1.165, 1.54) is 158 Å². The first-order valence-corrected chi connectivity index (χ1v) is 16.1. The SMILES string of the molecule is CCCCCC[N+](CCCCCC)(CCCCCC)CCCCCC.O=S(=O)([O-])c1ccccc1. The summed E-state index contributed by atoms with van der Waals surface area (Å²) in [5.41, 5.74) is 0. The highest BCUT2D eigenvalue weighted by molar-refractivity contribution is 7.85. The molecule has 0 N–H and O–H groups in total. The smallest absolute Gasteiger partial charge is 0.124 e. The van der Waals surface area contributed by atoms with Gasteiger partial charge >= 0.3 is 0 Å². The fourth-order valence-corrected chi connectivity index (χ4v) is 5.24. The molecule has 0 saturated heterocycles. The van der Waals surface area contributed by atoms with Crippen LogP contribution in [0.5, 0.6) is 0 Å². The second kappa shape index (κ2) is 22.3. The van der Waals surface area contributed by atoms with Crippen molar-refractivity contribution >= 4 is 10.1 Å². The molecule has 5 heteroatoms. The molecule has 0 atom stereocenters. The van der Waals surface area contributed by atoms with Crippen LogP contribution in [0.15, 0.2) is 35.2 Å². The van der Waals surface area contributed by atoms with E-state index in [4.69, 9.17) is 0 Å². The number of nitrogens with zero attached hydrogens (tertiary/aromatic N) is 1. The maximum atomic E-state index is 10.3. The average Bonchev–Trinajstić information content (AvgIpc) is 2.85. The molecular formula is C30H57NO3S. The molecule has 35 heavy (non-hydrogen) atoms. The first-order valence-electron chi connectivity index (χ1n) is 14.7. The highest BCUT2D eigenvalue weighted by atomic mass is 32.2. The number of quaternary nitrogens is 1. The Labute approximate surface area is 219 Å². The first-order chi connectivity index (χ1) is 16.8. The van der Waals surface area contributed by atoms with Crippen molar-refractivity contribution in [1.29, 1.82) is 0 Å². The third-order valence-corrected chi connectivity index (χ3v) is 7.83. The van der Waals surface area contributed by atoms with Gasteiger partial charge in [-0.05, 0) is 63.5 Å². The van der Waals surface area contributed by atoms with Crippen LogP contribution < -0.4 is 0 Å². The summed E-state index contributed by atoms with van der Waals surface area (Å²) >= 11 is 0. The second-order valence-electron chi connectivity index (χ2n) is 10.2. The van der Waals surface area contributed by atoms with Crippen LogP contribution in [-0.4, -0.2) is 43.6 Å². The van der Waals surface area contributed by atoms with Crippen LogP contribution in [0.2, 0.25) is 0 Å². The third-order valence-electron chi connectivity index (χ3n) is 6.98. The van der Waals surface area contributed by atoms with Gasteiger partial charge in [-0.25, -0.2) is 8.42 Å². The van der Waals surface area contributed by atoms with Crippen LogP contribution in [0.25, 0.3) is 0 Å². The van der Waals surface area contributed by atoms with Gasteiger partial charge in [0.2, 0.25) is 0 Å². The molecule has 0 aromatic heterocycles. The highest BCUT2D eigenvalue weighted by Crippen LogP contribution is 2.19. The van der Waals surface area contributed by atoms with Crippen molar-refractivity contribution in [2.45, 2.75) is 135 Å². The van der Waals surface area contributed by atoms with E-state index >= 15 is 0 Å². The lowest BCUT2D eigenvalue weighted by atomic mass is 10.1. The molecule has 4 nitrogen and oxygen atoms in total. The fraction of sp³-hybridized carbons (Fsp3) is 0.800. The lowest BCUT2D eigenvalue weighted by Crippen LogP contribution is -2.50. The van der Waals surface area contributed by atoms with Crippen LogP contribution in [0.3, 0.4) is 0 Å². The molecule has 0 aliphatic heterocycles. The minimum Gasteiger partial charge on any atom is -0.744 e. The van der Waals surface area contributed by atoms with E-state index in [9.17, 15) is 13.0 Å². The minimum atomic E-state index is -4.25. The van der Waals surface area contributed by atoms with Gasteiger partial charge < -0.3 is 9.04 Å².